The van der Waals surface area contributed by atoms with Crippen molar-refractivity contribution in [2.75, 3.05) is 12.4 Å². The van der Waals surface area contributed by atoms with E-state index in [9.17, 15) is 23.1 Å². The molecule has 9 nitrogen and oxygen atoms in total. The minimum Gasteiger partial charge on any atom is -0.494 e. The smallest absolute Gasteiger partial charge is 0.417 e. The number of halogens is 4. The molecule has 0 fully saturated rings. The van der Waals surface area contributed by atoms with Gasteiger partial charge >= 0.3 is 6.18 Å². The van der Waals surface area contributed by atoms with Gasteiger partial charge in [-0.1, -0.05) is 29.0 Å². The largest absolute Gasteiger partial charge is 0.494 e. The Hall–Kier alpha value is -3.68. The zero-order valence-electron chi connectivity index (χ0n) is 20.5. The third-order valence-corrected chi connectivity index (χ3v) is 7.38. The Morgan fingerprint density at radius 2 is 1.95 bits per heavy atom. The fraction of sp³-hybridized carbons (Fsp3) is 0.280. The number of alkyl halides is 3. The molecule has 14 heteroatoms. The number of aliphatic hydroxyl groups is 1. The van der Waals surface area contributed by atoms with Crippen LogP contribution < -0.4 is 10.1 Å². The fourth-order valence-electron chi connectivity index (χ4n) is 4.18. The lowest BCUT2D eigenvalue weighted by molar-refractivity contribution is -0.261. The molecule has 1 atom stereocenters. The predicted octanol–water partition coefficient (Wildman–Crippen LogP) is 5.63. The highest BCUT2D eigenvalue weighted by molar-refractivity contribution is 7.21. The van der Waals surface area contributed by atoms with E-state index >= 15 is 0 Å². The number of fused-ring (bicyclic) bond motifs is 1. The van der Waals surface area contributed by atoms with Crippen molar-refractivity contribution in [1.29, 1.82) is 0 Å². The Morgan fingerprint density at radius 1 is 1.15 bits per heavy atom. The molecule has 0 aromatic carbocycles. The lowest BCUT2D eigenvalue weighted by atomic mass is 9.84. The summed E-state index contributed by atoms with van der Waals surface area (Å²) in [5.74, 6) is -0.0705. The summed E-state index contributed by atoms with van der Waals surface area (Å²) in [7, 11) is 1.48. The summed E-state index contributed by atoms with van der Waals surface area (Å²) in [6, 6.07) is 3.32. The number of carbonyl (C=O) groups excluding carboxylic acids is 1. The van der Waals surface area contributed by atoms with Crippen molar-refractivity contribution in [2.24, 2.45) is 0 Å². The number of aromatic nitrogens is 5. The lowest BCUT2D eigenvalue weighted by Gasteiger charge is -2.33. The molecule has 0 aliphatic heterocycles. The molecule has 1 amide bonds. The Labute approximate surface area is 228 Å². The maximum atomic E-state index is 13.3. The minimum atomic E-state index is -4.71. The standard InChI is InChI=1S/C25H20ClF3N6O3S/c1-12-7-14(15-8-19(26)31-11-18(15)38-2)16(9-30-12)21(36)35-23-34-20-22(39-23)33-17(10-32-20)13-3-5-24(37,6-4-13)25(27,28)29/h3,7-11,37H,4-6H2,1-2H3,(H,32,34,35,36). The summed E-state index contributed by atoms with van der Waals surface area (Å²) in [4.78, 5) is 35.0. The number of amides is 1. The Bertz CT molecular complexity index is 1630. The Balaban J connectivity index is 1.41. The number of nitrogens with zero attached hydrogens (tertiary/aromatic N) is 5. The summed E-state index contributed by atoms with van der Waals surface area (Å²) in [6.45, 7) is 1.79. The van der Waals surface area contributed by atoms with Gasteiger partial charge in [-0.05, 0) is 37.5 Å². The van der Waals surface area contributed by atoms with Gasteiger partial charge < -0.3 is 9.84 Å². The second-order valence-corrected chi connectivity index (χ2v) is 10.3. The van der Waals surface area contributed by atoms with E-state index in [-0.39, 0.29) is 27.9 Å². The van der Waals surface area contributed by atoms with E-state index in [4.69, 9.17) is 16.3 Å². The van der Waals surface area contributed by atoms with Gasteiger partial charge in [0, 0.05) is 29.4 Å². The van der Waals surface area contributed by atoms with Crippen LogP contribution in [0.15, 0.2) is 36.8 Å². The van der Waals surface area contributed by atoms with Crippen molar-refractivity contribution in [3.8, 4) is 16.9 Å². The van der Waals surface area contributed by atoms with Gasteiger partial charge in [-0.25, -0.2) is 15.0 Å². The van der Waals surface area contributed by atoms with E-state index in [0.29, 0.717) is 38.7 Å². The minimum absolute atomic E-state index is 0.00964. The van der Waals surface area contributed by atoms with E-state index in [1.807, 2.05) is 0 Å². The van der Waals surface area contributed by atoms with E-state index in [2.05, 4.69) is 30.2 Å². The van der Waals surface area contributed by atoms with Crippen LogP contribution in [0.3, 0.4) is 0 Å². The highest BCUT2D eigenvalue weighted by Crippen LogP contribution is 2.42. The maximum absolute atomic E-state index is 13.3. The van der Waals surface area contributed by atoms with Crippen LogP contribution in [-0.4, -0.2) is 54.8 Å². The number of nitrogens with one attached hydrogen (secondary N) is 1. The molecule has 1 unspecified atom stereocenters. The quantitative estimate of drug-likeness (QED) is 0.293. The van der Waals surface area contributed by atoms with Crippen molar-refractivity contribution in [3.63, 3.8) is 0 Å². The van der Waals surface area contributed by atoms with Crippen LogP contribution in [0.2, 0.25) is 5.15 Å². The highest BCUT2D eigenvalue weighted by atomic mass is 35.5. The van der Waals surface area contributed by atoms with Crippen LogP contribution in [0, 0.1) is 6.92 Å². The third-order valence-electron chi connectivity index (χ3n) is 6.32. The Kier molecular flexibility index (Phi) is 6.99. The molecule has 0 spiro atoms. The molecule has 4 aromatic rings. The van der Waals surface area contributed by atoms with Crippen LogP contribution >= 0.6 is 22.9 Å². The molecule has 0 bridgehead atoms. The molecular weight excluding hydrogens is 557 g/mol. The lowest BCUT2D eigenvalue weighted by Crippen LogP contribution is -2.45. The van der Waals surface area contributed by atoms with Gasteiger partial charge in [0.15, 0.2) is 21.2 Å². The number of methoxy groups -OCH3 is 1. The van der Waals surface area contributed by atoms with Crippen LogP contribution in [-0.2, 0) is 0 Å². The molecule has 1 aliphatic carbocycles. The number of allylic oxidation sites excluding steroid dienone is 1. The molecule has 39 heavy (non-hydrogen) atoms. The number of ether oxygens (including phenoxy) is 1. The van der Waals surface area contributed by atoms with Crippen LogP contribution in [0.25, 0.3) is 27.2 Å². The summed E-state index contributed by atoms with van der Waals surface area (Å²) in [5.41, 5.74) is 0.470. The predicted molar refractivity (Wildman–Crippen MR) is 140 cm³/mol. The number of hydrogen-bond donors (Lipinski definition) is 2. The van der Waals surface area contributed by atoms with Crippen molar-refractivity contribution in [2.45, 2.75) is 38.0 Å². The molecule has 5 rings (SSSR count). The maximum Gasteiger partial charge on any atom is 0.417 e. The van der Waals surface area contributed by atoms with Crippen molar-refractivity contribution >= 4 is 50.0 Å². The first-order valence-electron chi connectivity index (χ1n) is 11.6. The van der Waals surface area contributed by atoms with Crippen molar-refractivity contribution in [1.82, 2.24) is 24.9 Å². The number of aryl methyl sites for hydroxylation is 1. The fourth-order valence-corrected chi connectivity index (χ4v) is 5.13. The number of rotatable bonds is 5. The van der Waals surface area contributed by atoms with E-state index < -0.39 is 30.5 Å². The third kappa shape index (κ3) is 5.29. The van der Waals surface area contributed by atoms with Gasteiger partial charge in [0.1, 0.15) is 10.9 Å². The average Bonchev–Trinajstić information content (AvgIpc) is 3.29. The number of anilines is 1. The van der Waals surface area contributed by atoms with E-state index in [0.717, 1.165) is 11.3 Å². The van der Waals surface area contributed by atoms with Crippen molar-refractivity contribution in [3.05, 3.63) is 58.9 Å². The topological polar surface area (TPSA) is 123 Å². The monoisotopic (exact) mass is 576 g/mol. The molecule has 4 heterocycles. The number of pyridine rings is 2. The number of thiazole rings is 1. The summed E-state index contributed by atoms with van der Waals surface area (Å²) in [6.07, 6.45) is -0.0961. The zero-order chi connectivity index (χ0) is 27.9. The second-order valence-electron chi connectivity index (χ2n) is 8.90. The van der Waals surface area contributed by atoms with Gasteiger partial charge in [0.25, 0.3) is 5.91 Å². The van der Waals surface area contributed by atoms with Gasteiger partial charge in [-0.15, -0.1) is 0 Å². The normalized spacial score (nSPS) is 17.7. The van der Waals surface area contributed by atoms with Gasteiger partial charge in [-0.2, -0.15) is 18.2 Å². The number of hydrogen-bond acceptors (Lipinski definition) is 9. The molecule has 202 valence electrons. The molecule has 2 N–H and O–H groups in total. The van der Waals surface area contributed by atoms with Crippen LogP contribution in [0.1, 0.15) is 41.0 Å². The summed E-state index contributed by atoms with van der Waals surface area (Å²) in [5, 5.41) is 13.1. The highest BCUT2D eigenvalue weighted by Gasteiger charge is 2.53. The molecule has 0 radical (unpaired) electrons. The molecule has 1 aliphatic rings. The SMILES string of the molecule is COc1cnc(Cl)cc1-c1cc(C)ncc1C(=O)Nc1nc2ncc(C3=CCC(O)(C(F)(F)F)CC3)nc2s1. The molecule has 0 saturated carbocycles. The van der Waals surface area contributed by atoms with Gasteiger partial charge in [0.2, 0.25) is 0 Å². The van der Waals surface area contributed by atoms with Crippen LogP contribution in [0.4, 0.5) is 18.3 Å². The zero-order valence-corrected chi connectivity index (χ0v) is 22.1. The number of carbonyl (C=O) groups is 1. The average molecular weight is 577 g/mol. The van der Waals surface area contributed by atoms with E-state index in [1.54, 1.807) is 19.1 Å². The van der Waals surface area contributed by atoms with E-state index in [1.165, 1.54) is 31.8 Å². The van der Waals surface area contributed by atoms with Crippen LogP contribution in [0.5, 0.6) is 5.75 Å². The first-order chi connectivity index (χ1) is 18.5. The van der Waals surface area contributed by atoms with Gasteiger partial charge in [-0.3, -0.25) is 15.1 Å². The summed E-state index contributed by atoms with van der Waals surface area (Å²) < 4.78 is 44.8. The molecule has 4 aromatic heterocycles. The molecular formula is C25H20ClF3N6O3S. The summed E-state index contributed by atoms with van der Waals surface area (Å²) >= 11 is 7.17. The first-order valence-corrected chi connectivity index (χ1v) is 12.8. The second kappa shape index (κ2) is 10.1. The molecule has 0 saturated heterocycles. The van der Waals surface area contributed by atoms with Gasteiger partial charge in [0.05, 0.1) is 30.8 Å². The van der Waals surface area contributed by atoms with Crippen molar-refractivity contribution < 1.29 is 27.8 Å². The first kappa shape index (κ1) is 26.9. The Morgan fingerprint density at radius 3 is 2.64 bits per heavy atom.